The van der Waals surface area contributed by atoms with Crippen LogP contribution in [0.3, 0.4) is 0 Å². The monoisotopic (exact) mass is 228 g/mol. The maximum atomic E-state index is 13.2. The first kappa shape index (κ1) is 12.0. The van der Waals surface area contributed by atoms with Crippen molar-refractivity contribution in [2.45, 2.75) is 12.8 Å². The molecule has 0 atom stereocenters. The third-order valence-electron chi connectivity index (χ3n) is 2.06. The summed E-state index contributed by atoms with van der Waals surface area (Å²) in [7, 11) is 0. The Morgan fingerprint density at radius 3 is 1.56 bits per heavy atom. The fourth-order valence-electron chi connectivity index (χ4n) is 1.17. The lowest BCUT2D eigenvalue weighted by molar-refractivity contribution is 0.431. The van der Waals surface area contributed by atoms with Crippen molar-refractivity contribution in [1.29, 1.82) is 10.5 Å². The molecule has 6 heteroatoms. The van der Waals surface area contributed by atoms with Crippen LogP contribution in [0.1, 0.15) is 17.0 Å². The van der Waals surface area contributed by atoms with Crippen LogP contribution in [-0.4, -0.2) is 0 Å². The topological polar surface area (TPSA) is 47.6 Å². The standard InChI is InChI=1S/C10H4F4N2/c1-4-7(11)9(13)6(5(2-15)3-16)10(14)8(4)12/h5H,1H3. The van der Waals surface area contributed by atoms with Crippen LogP contribution in [0.25, 0.3) is 0 Å². The Bertz CT molecular complexity index is 482. The highest BCUT2D eigenvalue weighted by atomic mass is 19.2. The molecule has 2 nitrogen and oxygen atoms in total. The first-order valence-electron chi connectivity index (χ1n) is 4.07. The predicted octanol–water partition coefficient (Wildman–Crippen LogP) is 2.68. The highest BCUT2D eigenvalue weighted by molar-refractivity contribution is 5.37. The van der Waals surface area contributed by atoms with Crippen molar-refractivity contribution in [3.05, 3.63) is 34.4 Å². The molecule has 0 saturated heterocycles. The van der Waals surface area contributed by atoms with Crippen LogP contribution in [0.5, 0.6) is 0 Å². The summed E-state index contributed by atoms with van der Waals surface area (Å²) in [5, 5.41) is 16.9. The summed E-state index contributed by atoms with van der Waals surface area (Å²) in [6.45, 7) is 0.856. The molecule has 0 unspecified atom stereocenters. The van der Waals surface area contributed by atoms with Gasteiger partial charge in [-0.3, -0.25) is 0 Å². The summed E-state index contributed by atoms with van der Waals surface area (Å²) < 4.78 is 52.6. The summed E-state index contributed by atoms with van der Waals surface area (Å²) in [4.78, 5) is 0. The summed E-state index contributed by atoms with van der Waals surface area (Å²) in [5.74, 6) is -8.48. The Balaban J connectivity index is 3.67. The van der Waals surface area contributed by atoms with Crippen molar-refractivity contribution >= 4 is 0 Å². The molecule has 1 aromatic rings. The number of hydrogen-bond acceptors (Lipinski definition) is 2. The molecule has 0 bridgehead atoms. The van der Waals surface area contributed by atoms with E-state index in [-0.39, 0.29) is 0 Å². The molecule has 82 valence electrons. The van der Waals surface area contributed by atoms with Gasteiger partial charge in [0.15, 0.2) is 29.2 Å². The van der Waals surface area contributed by atoms with Crippen LogP contribution < -0.4 is 0 Å². The maximum absolute atomic E-state index is 13.2. The normalized spacial score (nSPS) is 10.0. The minimum absolute atomic E-state index is 0.826. The molecular weight excluding hydrogens is 224 g/mol. The molecular formula is C10H4F4N2. The first-order chi connectivity index (χ1) is 7.45. The zero-order valence-corrected chi connectivity index (χ0v) is 7.98. The first-order valence-corrected chi connectivity index (χ1v) is 4.07. The molecule has 0 aromatic heterocycles. The third kappa shape index (κ3) is 1.59. The van der Waals surface area contributed by atoms with Gasteiger partial charge in [0.1, 0.15) is 0 Å². The van der Waals surface area contributed by atoms with E-state index in [2.05, 4.69) is 0 Å². The molecule has 1 rings (SSSR count). The molecule has 0 amide bonds. The predicted molar refractivity (Wildman–Crippen MR) is 45.0 cm³/mol. The lowest BCUT2D eigenvalue weighted by atomic mass is 9.98. The fraction of sp³-hybridized carbons (Fsp3) is 0.200. The molecule has 0 saturated carbocycles. The van der Waals surface area contributed by atoms with Crippen LogP contribution >= 0.6 is 0 Å². The van der Waals surface area contributed by atoms with Crippen molar-refractivity contribution in [1.82, 2.24) is 0 Å². The summed E-state index contributed by atoms with van der Waals surface area (Å²) >= 11 is 0. The van der Waals surface area contributed by atoms with Crippen LogP contribution in [0.4, 0.5) is 17.6 Å². The van der Waals surface area contributed by atoms with E-state index in [0.29, 0.717) is 0 Å². The van der Waals surface area contributed by atoms with E-state index in [9.17, 15) is 17.6 Å². The van der Waals surface area contributed by atoms with E-state index in [0.717, 1.165) is 6.92 Å². The van der Waals surface area contributed by atoms with Gasteiger partial charge >= 0.3 is 0 Å². The van der Waals surface area contributed by atoms with Crippen LogP contribution in [-0.2, 0) is 0 Å². The summed E-state index contributed by atoms with van der Waals surface area (Å²) in [6, 6.07) is 2.50. The number of hydrogen-bond donors (Lipinski definition) is 0. The average Bonchev–Trinajstić information content (AvgIpc) is 2.29. The lowest BCUT2D eigenvalue weighted by Crippen LogP contribution is -2.09. The van der Waals surface area contributed by atoms with Crippen molar-refractivity contribution in [2.24, 2.45) is 0 Å². The molecule has 0 N–H and O–H groups in total. The lowest BCUT2D eigenvalue weighted by Gasteiger charge is -2.09. The average molecular weight is 228 g/mol. The van der Waals surface area contributed by atoms with E-state index in [1.54, 1.807) is 0 Å². The highest BCUT2D eigenvalue weighted by Crippen LogP contribution is 2.28. The quantitative estimate of drug-likeness (QED) is 0.548. The van der Waals surface area contributed by atoms with Crippen LogP contribution in [0.15, 0.2) is 0 Å². The minimum atomic E-state index is -1.88. The number of rotatable bonds is 1. The van der Waals surface area contributed by atoms with Gasteiger partial charge in [0.2, 0.25) is 0 Å². The zero-order chi connectivity index (χ0) is 12.5. The fourth-order valence-corrected chi connectivity index (χ4v) is 1.17. The largest absolute Gasteiger partial charge is 0.203 e. The summed E-state index contributed by atoms with van der Waals surface area (Å²) in [6.07, 6.45) is 0. The van der Waals surface area contributed by atoms with Gasteiger partial charge in [-0.05, 0) is 6.92 Å². The van der Waals surface area contributed by atoms with Crippen LogP contribution in [0.2, 0.25) is 0 Å². The SMILES string of the molecule is Cc1c(F)c(F)c(C(C#N)C#N)c(F)c1F. The Morgan fingerprint density at radius 1 is 0.875 bits per heavy atom. The van der Waals surface area contributed by atoms with Crippen LogP contribution in [0, 0.1) is 52.9 Å². The van der Waals surface area contributed by atoms with Crippen molar-refractivity contribution < 1.29 is 17.6 Å². The molecule has 1 aromatic carbocycles. The third-order valence-corrected chi connectivity index (χ3v) is 2.06. The van der Waals surface area contributed by atoms with Crippen molar-refractivity contribution in [2.75, 3.05) is 0 Å². The van der Waals surface area contributed by atoms with Gasteiger partial charge in [0.05, 0.1) is 17.7 Å². The van der Waals surface area contributed by atoms with E-state index in [4.69, 9.17) is 10.5 Å². The highest BCUT2D eigenvalue weighted by Gasteiger charge is 2.28. The number of nitriles is 2. The van der Waals surface area contributed by atoms with Gasteiger partial charge in [-0.2, -0.15) is 10.5 Å². The van der Waals surface area contributed by atoms with Gasteiger partial charge in [0, 0.05) is 5.56 Å². The molecule has 0 aliphatic heterocycles. The molecule has 16 heavy (non-hydrogen) atoms. The number of nitrogens with zero attached hydrogens (tertiary/aromatic N) is 2. The second-order valence-corrected chi connectivity index (χ2v) is 2.99. The second-order valence-electron chi connectivity index (χ2n) is 2.99. The molecule has 0 spiro atoms. The molecule has 0 aliphatic rings. The van der Waals surface area contributed by atoms with Crippen molar-refractivity contribution in [3.63, 3.8) is 0 Å². The second kappa shape index (κ2) is 4.19. The molecule has 0 heterocycles. The molecule has 0 aliphatic carbocycles. The van der Waals surface area contributed by atoms with Crippen molar-refractivity contribution in [3.8, 4) is 12.1 Å². The minimum Gasteiger partial charge on any atom is -0.203 e. The Hall–Kier alpha value is -2.08. The Morgan fingerprint density at radius 2 is 1.25 bits per heavy atom. The van der Waals surface area contributed by atoms with Gasteiger partial charge in [-0.25, -0.2) is 17.6 Å². The van der Waals surface area contributed by atoms with Gasteiger partial charge in [-0.1, -0.05) is 0 Å². The van der Waals surface area contributed by atoms with Gasteiger partial charge < -0.3 is 0 Å². The Kier molecular flexibility index (Phi) is 3.14. The number of benzene rings is 1. The molecule has 0 fully saturated rings. The Labute approximate surface area is 88.3 Å². The van der Waals surface area contributed by atoms with Gasteiger partial charge in [-0.15, -0.1) is 0 Å². The molecule has 0 radical (unpaired) electrons. The number of halogens is 4. The smallest absolute Gasteiger partial charge is 0.167 e. The maximum Gasteiger partial charge on any atom is 0.167 e. The van der Waals surface area contributed by atoms with E-state index < -0.39 is 40.3 Å². The zero-order valence-electron chi connectivity index (χ0n) is 7.98. The van der Waals surface area contributed by atoms with Gasteiger partial charge in [0.25, 0.3) is 0 Å². The van der Waals surface area contributed by atoms with E-state index >= 15 is 0 Å². The van der Waals surface area contributed by atoms with E-state index in [1.807, 2.05) is 0 Å². The summed E-state index contributed by atoms with van der Waals surface area (Å²) in [5.41, 5.74) is -2.01. The van der Waals surface area contributed by atoms with E-state index in [1.165, 1.54) is 12.1 Å².